The van der Waals surface area contributed by atoms with Crippen molar-refractivity contribution in [2.75, 3.05) is 0 Å². The monoisotopic (exact) mass is 376 g/mol. The Morgan fingerprint density at radius 2 is 0.444 bits per heavy atom. The smallest absolute Gasteiger partial charge is 1.00 e. The van der Waals surface area contributed by atoms with Gasteiger partial charge in [0.2, 0.25) is 0 Å². The second kappa shape index (κ2) is 14.7. The third-order valence-electron chi connectivity index (χ3n) is 0. The maximum atomic E-state index is 3.77. The molecule has 0 nitrogen and oxygen atoms in total. The fourth-order valence-corrected chi connectivity index (χ4v) is 0. The molecule has 0 bridgehead atoms. The maximum Gasteiger partial charge on any atom is 5.00 e. The normalized spacial score (nSPS) is 10.0. The zero-order chi connectivity index (χ0) is 13.5. The molecule has 0 amide bonds. The molecule has 0 spiro atoms. The van der Waals surface area contributed by atoms with Gasteiger partial charge in [0.25, 0.3) is 0 Å². The van der Waals surface area contributed by atoms with Gasteiger partial charge in [-0.2, -0.15) is 16.2 Å². The summed E-state index contributed by atoms with van der Waals surface area (Å²) in [4.78, 5) is 0. The van der Waals surface area contributed by atoms with Gasteiger partial charge in [-0.05, 0) is 0 Å². The Hall–Kier alpha value is 1.32. The van der Waals surface area contributed by atoms with Crippen LogP contribution in [0.15, 0.2) is 0 Å². The van der Waals surface area contributed by atoms with Gasteiger partial charge in [0, 0.05) is 0 Å². The average molecular weight is 377 g/mol. The summed E-state index contributed by atoms with van der Waals surface area (Å²) >= 11 is 0. The molecule has 0 aliphatic rings. The van der Waals surface area contributed by atoms with E-state index in [2.05, 4.69) is 83.1 Å². The minimum atomic E-state index is 0. The van der Waals surface area contributed by atoms with E-state index < -0.39 is 0 Å². The van der Waals surface area contributed by atoms with E-state index in [0.717, 1.165) is 0 Å². The van der Waals surface area contributed by atoms with Crippen LogP contribution in [0.4, 0.5) is 0 Å². The molecule has 0 saturated carbocycles. The van der Waals surface area contributed by atoms with Crippen LogP contribution in [0.3, 0.4) is 0 Å². The van der Waals surface area contributed by atoms with E-state index in [0.29, 0.717) is 0 Å². The molecule has 0 aromatic carbocycles. The molecule has 0 radical (unpaired) electrons. The number of halogens is 2. The first-order valence-corrected chi connectivity index (χ1v) is 5.56. The van der Waals surface area contributed by atoms with Gasteiger partial charge in [0.15, 0.2) is 0 Å². The Bertz CT molecular complexity index is 89.5. The van der Waals surface area contributed by atoms with Crippen molar-refractivity contribution in [1.82, 2.24) is 0 Å². The van der Waals surface area contributed by atoms with E-state index in [-0.39, 0.29) is 63.4 Å². The minimum Gasteiger partial charge on any atom is -1.00 e. The maximum absolute atomic E-state index is 3.77. The summed E-state index contributed by atoms with van der Waals surface area (Å²) in [5.74, 6) is 0. The molecule has 0 aromatic heterocycles. The van der Waals surface area contributed by atoms with Crippen molar-refractivity contribution in [3.63, 3.8) is 0 Å². The Labute approximate surface area is 146 Å². The molecule has 112 valence electrons. The van der Waals surface area contributed by atoms with E-state index in [9.17, 15) is 0 Å². The van der Waals surface area contributed by atoms with Gasteiger partial charge in [-0.1, -0.05) is 62.3 Å². The molecule has 0 aliphatic carbocycles. The molecule has 0 unspecified atom stereocenters. The SMILES string of the molecule is [CH2-]C(C)(C)C.[CH2-]C(C)(C)C.[CH2-]C(C)(C)C.[Cl-].[Cl-].[Nb+5]. The Morgan fingerprint density at radius 1 is 0.444 bits per heavy atom. The van der Waals surface area contributed by atoms with Crippen LogP contribution in [-0.4, -0.2) is 0 Å². The first-order chi connectivity index (χ1) is 6.00. The van der Waals surface area contributed by atoms with Crippen LogP contribution >= 0.6 is 0 Å². The zero-order valence-electron chi connectivity index (χ0n) is 13.8. The summed E-state index contributed by atoms with van der Waals surface area (Å²) < 4.78 is 0. The van der Waals surface area contributed by atoms with Crippen molar-refractivity contribution in [1.29, 1.82) is 0 Å². The average Bonchev–Trinajstić information content (AvgIpc) is 1.41. The topological polar surface area (TPSA) is 0 Å². The van der Waals surface area contributed by atoms with Crippen molar-refractivity contribution in [3.05, 3.63) is 20.8 Å². The summed E-state index contributed by atoms with van der Waals surface area (Å²) in [5, 5.41) is 0. The first-order valence-electron chi connectivity index (χ1n) is 5.56. The van der Waals surface area contributed by atoms with E-state index in [1.807, 2.05) is 0 Å². The predicted molar refractivity (Wildman–Crippen MR) is 74.4 cm³/mol. The van der Waals surface area contributed by atoms with Crippen molar-refractivity contribution in [2.45, 2.75) is 62.3 Å². The van der Waals surface area contributed by atoms with Crippen LogP contribution < -0.4 is 24.8 Å². The summed E-state index contributed by atoms with van der Waals surface area (Å²) in [6, 6.07) is 0. The molecule has 0 rings (SSSR count). The van der Waals surface area contributed by atoms with Crippen LogP contribution in [-0.2, 0) is 22.4 Å². The molecular formula is C15H33Cl2Nb. The molecule has 0 atom stereocenters. The first kappa shape index (κ1) is 36.5. The molecule has 0 aliphatic heterocycles. The van der Waals surface area contributed by atoms with Crippen molar-refractivity contribution >= 4 is 0 Å². The second-order valence-corrected chi connectivity index (χ2v) is 7.68. The quantitative estimate of drug-likeness (QED) is 0.399. The van der Waals surface area contributed by atoms with Crippen LogP contribution in [0.5, 0.6) is 0 Å². The van der Waals surface area contributed by atoms with E-state index >= 15 is 0 Å². The van der Waals surface area contributed by atoms with Gasteiger partial charge in [0.05, 0.1) is 0 Å². The van der Waals surface area contributed by atoms with Gasteiger partial charge in [-0.3, -0.25) is 0 Å². The third kappa shape index (κ3) is 2650. The standard InChI is InChI=1S/3C5H11.2ClH.Nb/c3*1-5(2,3)4;;;/h3*1H2,2-4H3;2*1H;/q3*-1;;;+5/p-2. The van der Waals surface area contributed by atoms with Crippen LogP contribution in [0.25, 0.3) is 0 Å². The van der Waals surface area contributed by atoms with Crippen molar-refractivity contribution in [2.24, 2.45) is 16.2 Å². The largest absolute Gasteiger partial charge is 5.00 e. The van der Waals surface area contributed by atoms with Crippen LogP contribution in [0, 0.1) is 37.0 Å². The van der Waals surface area contributed by atoms with Crippen LogP contribution in [0.2, 0.25) is 0 Å². The molecule has 0 saturated heterocycles. The van der Waals surface area contributed by atoms with Gasteiger partial charge in [-0.15, -0.1) is 0 Å². The van der Waals surface area contributed by atoms with E-state index in [1.54, 1.807) is 0 Å². The molecule has 0 heterocycles. The zero-order valence-corrected chi connectivity index (χ0v) is 17.5. The summed E-state index contributed by atoms with van der Waals surface area (Å²) in [6.07, 6.45) is 0. The van der Waals surface area contributed by atoms with Gasteiger partial charge in [0.1, 0.15) is 0 Å². The number of hydrogen-bond acceptors (Lipinski definition) is 0. The Kier molecular flexibility index (Phi) is 29.9. The third-order valence-corrected chi connectivity index (χ3v) is 0. The molecule has 0 fully saturated rings. The Morgan fingerprint density at radius 3 is 0.444 bits per heavy atom. The van der Waals surface area contributed by atoms with Crippen molar-refractivity contribution < 1.29 is 47.2 Å². The van der Waals surface area contributed by atoms with Crippen molar-refractivity contribution in [3.8, 4) is 0 Å². The number of rotatable bonds is 0. The molecule has 18 heavy (non-hydrogen) atoms. The van der Waals surface area contributed by atoms with Crippen LogP contribution in [0.1, 0.15) is 62.3 Å². The minimum absolute atomic E-state index is 0. The van der Waals surface area contributed by atoms with E-state index in [1.165, 1.54) is 0 Å². The van der Waals surface area contributed by atoms with Gasteiger partial charge in [-0.25, -0.2) is 0 Å². The fraction of sp³-hybridized carbons (Fsp3) is 0.800. The molecule has 3 heteroatoms. The molecular weight excluding hydrogens is 344 g/mol. The summed E-state index contributed by atoms with van der Waals surface area (Å²) in [5.41, 5.74) is 0.750. The van der Waals surface area contributed by atoms with Gasteiger partial charge < -0.3 is 45.6 Å². The summed E-state index contributed by atoms with van der Waals surface area (Å²) in [6.45, 7) is 30.0. The molecule has 0 aromatic rings. The van der Waals surface area contributed by atoms with E-state index in [4.69, 9.17) is 0 Å². The predicted octanol–water partition coefficient (Wildman–Crippen LogP) is -0.395. The summed E-state index contributed by atoms with van der Waals surface area (Å²) in [7, 11) is 0. The molecule has 0 N–H and O–H groups in total. The Balaban J connectivity index is -0.0000000277. The second-order valence-electron chi connectivity index (χ2n) is 7.68. The van der Waals surface area contributed by atoms with Gasteiger partial charge >= 0.3 is 22.4 Å². The number of hydrogen-bond donors (Lipinski definition) is 0. The fourth-order valence-electron chi connectivity index (χ4n) is 0.